The fraction of sp³-hybridized carbons (Fsp3) is 0.571. The van der Waals surface area contributed by atoms with Crippen LogP contribution in [0.3, 0.4) is 0 Å². The number of likely N-dealkylation sites (tertiary alicyclic amines) is 1. The molecule has 2 N–H and O–H groups in total. The van der Waals surface area contributed by atoms with Crippen LogP contribution in [-0.4, -0.2) is 65.3 Å². The highest BCUT2D eigenvalue weighted by Crippen LogP contribution is 2.53. The van der Waals surface area contributed by atoms with E-state index in [-0.39, 0.29) is 5.91 Å². The van der Waals surface area contributed by atoms with Crippen molar-refractivity contribution in [2.24, 2.45) is 5.41 Å². The fourth-order valence-electron chi connectivity index (χ4n) is 5.26. The molecule has 0 unspecified atom stereocenters. The number of carbonyl (C=O) groups excluding carboxylic acids is 3. The molecule has 3 rings (SSSR count). The Hall–Kier alpha value is -2.82. The van der Waals surface area contributed by atoms with E-state index in [1.54, 1.807) is 68.6 Å². The van der Waals surface area contributed by atoms with Crippen LogP contribution in [-0.2, 0) is 18.9 Å². The second-order valence-corrected chi connectivity index (χ2v) is 17.7. The molecule has 0 bridgehead atoms. The lowest BCUT2D eigenvalue weighted by Crippen LogP contribution is -2.61. The average molecular weight is 722 g/mol. The number of benzene rings is 2. The molecule has 1 saturated heterocycles. The summed E-state index contributed by atoms with van der Waals surface area (Å²) in [6.45, 7) is 13.1. The van der Waals surface area contributed by atoms with Gasteiger partial charge in [-0.1, -0.05) is 34.1 Å². The van der Waals surface area contributed by atoms with E-state index in [2.05, 4.69) is 10.6 Å². The van der Waals surface area contributed by atoms with Gasteiger partial charge in [0, 0.05) is 16.3 Å². The van der Waals surface area contributed by atoms with Crippen LogP contribution < -0.4 is 19.7 Å². The van der Waals surface area contributed by atoms with Crippen LogP contribution in [0.5, 0.6) is 11.5 Å². The smallest absolute Gasteiger partial charge is 0.444 e. The summed E-state index contributed by atoms with van der Waals surface area (Å²) < 4.78 is 32.6. The van der Waals surface area contributed by atoms with Gasteiger partial charge in [-0.05, 0) is 113 Å². The summed E-state index contributed by atoms with van der Waals surface area (Å²) in [4.78, 5) is 44.6. The van der Waals surface area contributed by atoms with Gasteiger partial charge in [0.25, 0.3) is 0 Å². The molecule has 1 aliphatic rings. The maximum Gasteiger partial charge on any atom is 0.452 e. The monoisotopic (exact) mass is 721 g/mol. The molecule has 0 aliphatic carbocycles. The van der Waals surface area contributed by atoms with Crippen molar-refractivity contribution < 1.29 is 32.7 Å². The van der Waals surface area contributed by atoms with Gasteiger partial charge in [-0.2, -0.15) is 0 Å². The minimum absolute atomic E-state index is 0.306. The lowest BCUT2D eigenvalue weighted by Gasteiger charge is -2.41. The van der Waals surface area contributed by atoms with Crippen molar-refractivity contribution in [1.82, 2.24) is 15.5 Å². The van der Waals surface area contributed by atoms with Crippen molar-refractivity contribution in [3.63, 3.8) is 0 Å². The third kappa shape index (κ3) is 11.4. The van der Waals surface area contributed by atoms with Crippen molar-refractivity contribution in [2.45, 2.75) is 114 Å². The molecule has 3 atom stereocenters. The van der Waals surface area contributed by atoms with Crippen molar-refractivity contribution in [2.75, 3.05) is 19.1 Å². The van der Waals surface area contributed by atoms with Crippen molar-refractivity contribution in [1.29, 1.82) is 0 Å². The van der Waals surface area contributed by atoms with Gasteiger partial charge in [0.2, 0.25) is 11.8 Å². The lowest BCUT2D eigenvalue weighted by atomic mass is 9.85. The third-order valence-electron chi connectivity index (χ3n) is 7.70. The van der Waals surface area contributed by atoms with Crippen molar-refractivity contribution in [3.8, 4) is 11.5 Å². The van der Waals surface area contributed by atoms with Gasteiger partial charge in [0.1, 0.15) is 29.2 Å². The standard InChI is InChI=1S/C35H52N3O7PS2/c1-10-13-29(46(42,44-24-15-19-26(47-8)20-16-24)45-25-17-21-27(48-9)22-18-25)36-31(39)28-14-11-12-23-38(28)32(40)30(34(2,3)4)37-33(41)43-35(5,6)7/h15-22,28-30H,10-14,23H2,1-9H3,(H,36,39)(H,37,41)/t28-,29+,30+/m0/s1. The Labute approximate surface area is 294 Å². The number of nitrogens with one attached hydrogen (secondary N) is 2. The molecule has 0 saturated carbocycles. The maximum absolute atomic E-state index is 14.8. The van der Waals surface area contributed by atoms with E-state index >= 15 is 0 Å². The predicted octanol–water partition coefficient (Wildman–Crippen LogP) is 8.34. The van der Waals surface area contributed by atoms with Gasteiger partial charge in [-0.15, -0.1) is 23.5 Å². The number of rotatable bonds is 13. The van der Waals surface area contributed by atoms with Crippen LogP contribution in [0.25, 0.3) is 0 Å². The van der Waals surface area contributed by atoms with Crippen LogP contribution in [0.1, 0.15) is 80.6 Å². The van der Waals surface area contributed by atoms with E-state index in [4.69, 9.17) is 13.8 Å². The van der Waals surface area contributed by atoms with E-state index < -0.39 is 48.5 Å². The molecule has 0 aromatic heterocycles. The SMILES string of the molecule is CCC[C@H](NC(=O)[C@@H]1CCCCN1C(=O)[C@@H](NC(=O)OC(C)(C)C)C(C)(C)C)P(=O)(Oc1ccc(SC)cc1)Oc1ccc(SC)cc1. The normalized spacial score (nSPS) is 16.8. The van der Waals surface area contributed by atoms with Crippen LogP contribution in [0.15, 0.2) is 58.3 Å². The van der Waals surface area contributed by atoms with E-state index in [0.29, 0.717) is 43.7 Å². The Morgan fingerprint density at radius 3 is 1.83 bits per heavy atom. The zero-order chi connectivity index (χ0) is 35.7. The zero-order valence-corrected chi connectivity index (χ0v) is 32.2. The van der Waals surface area contributed by atoms with Crippen LogP contribution in [0, 0.1) is 5.41 Å². The molecule has 1 heterocycles. The lowest BCUT2D eigenvalue weighted by molar-refractivity contribution is -0.146. The second-order valence-electron chi connectivity index (χ2n) is 13.9. The number of piperidine rings is 1. The minimum Gasteiger partial charge on any atom is -0.444 e. The Morgan fingerprint density at radius 1 is 0.875 bits per heavy atom. The molecule has 13 heteroatoms. The Kier molecular flexibility index (Phi) is 14.2. The van der Waals surface area contributed by atoms with Crippen LogP contribution in [0.2, 0.25) is 0 Å². The predicted molar refractivity (Wildman–Crippen MR) is 194 cm³/mol. The van der Waals surface area contributed by atoms with Crippen LogP contribution >= 0.6 is 31.1 Å². The first-order chi connectivity index (χ1) is 22.5. The second kappa shape index (κ2) is 17.2. The molecular formula is C35H52N3O7PS2. The molecule has 2 aromatic carbocycles. The molecule has 1 fully saturated rings. The summed E-state index contributed by atoms with van der Waals surface area (Å²) in [5.74, 6) is -1.13. The molecule has 1 aliphatic heterocycles. The molecule has 10 nitrogen and oxygen atoms in total. The van der Waals surface area contributed by atoms with Crippen molar-refractivity contribution >= 4 is 49.0 Å². The maximum atomic E-state index is 14.8. The zero-order valence-electron chi connectivity index (χ0n) is 29.7. The first-order valence-corrected chi connectivity index (χ1v) is 20.4. The summed E-state index contributed by atoms with van der Waals surface area (Å²) in [5, 5.41) is 5.74. The molecule has 48 heavy (non-hydrogen) atoms. The topological polar surface area (TPSA) is 123 Å². The van der Waals surface area contributed by atoms with Gasteiger partial charge < -0.3 is 29.3 Å². The molecule has 266 valence electrons. The molecule has 3 amide bonds. The average Bonchev–Trinajstić information content (AvgIpc) is 3.02. The molecular weight excluding hydrogens is 670 g/mol. The van der Waals surface area contributed by atoms with E-state index in [1.165, 1.54) is 4.90 Å². The highest BCUT2D eigenvalue weighted by atomic mass is 32.2. The Balaban J connectivity index is 1.93. The fourth-order valence-corrected chi connectivity index (χ4v) is 8.06. The number of alkyl carbamates (subject to hydrolysis) is 1. The number of thioether (sulfide) groups is 2. The van der Waals surface area contributed by atoms with Gasteiger partial charge >= 0.3 is 13.7 Å². The number of carbonyl (C=O) groups is 3. The number of ether oxygens (including phenoxy) is 1. The Morgan fingerprint density at radius 2 is 1.40 bits per heavy atom. The molecule has 0 spiro atoms. The summed E-state index contributed by atoms with van der Waals surface area (Å²) in [7, 11) is -4.09. The number of hydrogen-bond acceptors (Lipinski definition) is 9. The highest BCUT2D eigenvalue weighted by Gasteiger charge is 2.45. The number of hydrogen-bond donors (Lipinski definition) is 2. The summed E-state index contributed by atoms with van der Waals surface area (Å²) in [6, 6.07) is 12.6. The highest BCUT2D eigenvalue weighted by molar-refractivity contribution is 7.98. The van der Waals surface area contributed by atoms with Gasteiger partial charge in [0.15, 0.2) is 5.78 Å². The largest absolute Gasteiger partial charge is 0.452 e. The van der Waals surface area contributed by atoms with Crippen molar-refractivity contribution in [3.05, 3.63) is 48.5 Å². The van der Waals surface area contributed by atoms with E-state index in [0.717, 1.165) is 16.2 Å². The van der Waals surface area contributed by atoms with Gasteiger partial charge in [-0.3, -0.25) is 9.59 Å². The first kappa shape index (κ1) is 39.6. The van der Waals surface area contributed by atoms with Gasteiger partial charge in [-0.25, -0.2) is 9.36 Å². The number of amides is 3. The minimum atomic E-state index is -4.09. The summed E-state index contributed by atoms with van der Waals surface area (Å²) in [5.41, 5.74) is -1.42. The first-order valence-electron chi connectivity index (χ1n) is 16.4. The number of nitrogens with zero attached hydrogens (tertiary/aromatic N) is 1. The molecule has 2 aromatic rings. The summed E-state index contributed by atoms with van der Waals surface area (Å²) in [6.07, 6.45) is 5.96. The van der Waals surface area contributed by atoms with Gasteiger partial charge in [0.05, 0.1) is 0 Å². The van der Waals surface area contributed by atoms with E-state index in [9.17, 15) is 18.9 Å². The molecule has 0 radical (unpaired) electrons. The van der Waals surface area contributed by atoms with Crippen LogP contribution in [0.4, 0.5) is 4.79 Å². The van der Waals surface area contributed by atoms with E-state index in [1.807, 2.05) is 64.5 Å². The third-order valence-corrected chi connectivity index (χ3v) is 11.3. The summed E-state index contributed by atoms with van der Waals surface area (Å²) >= 11 is 3.15. The quantitative estimate of drug-likeness (QED) is 0.155. The Bertz CT molecular complexity index is 1370.